The molecular formula is C15H18BrN3S. The molecule has 1 fully saturated rings. The maximum atomic E-state index is 4.78. The van der Waals surface area contributed by atoms with Crippen LogP contribution in [0.2, 0.25) is 0 Å². The zero-order valence-electron chi connectivity index (χ0n) is 11.5. The Bertz CT molecular complexity index is 584. The number of nitrogens with one attached hydrogen (secondary N) is 1. The third kappa shape index (κ3) is 3.47. The predicted molar refractivity (Wildman–Crippen MR) is 88.0 cm³/mol. The van der Waals surface area contributed by atoms with Crippen LogP contribution >= 0.6 is 27.3 Å². The van der Waals surface area contributed by atoms with E-state index in [4.69, 9.17) is 4.98 Å². The van der Waals surface area contributed by atoms with Gasteiger partial charge in [0.2, 0.25) is 0 Å². The second-order valence-corrected chi connectivity index (χ2v) is 7.02. The topological polar surface area (TPSA) is 28.2 Å². The Kier molecular flexibility index (Phi) is 4.51. The van der Waals surface area contributed by atoms with E-state index in [9.17, 15) is 0 Å². The highest BCUT2D eigenvalue weighted by molar-refractivity contribution is 9.10. The highest BCUT2D eigenvalue weighted by Crippen LogP contribution is 2.26. The minimum absolute atomic E-state index is 0.576. The zero-order valence-corrected chi connectivity index (χ0v) is 13.9. The van der Waals surface area contributed by atoms with Crippen molar-refractivity contribution in [2.45, 2.75) is 19.5 Å². The Morgan fingerprint density at radius 1 is 1.50 bits per heavy atom. The number of hydrogen-bond acceptors (Lipinski definition) is 4. The summed E-state index contributed by atoms with van der Waals surface area (Å²) in [7, 11) is 0. The predicted octanol–water partition coefficient (Wildman–Crippen LogP) is 3.37. The highest BCUT2D eigenvalue weighted by Gasteiger charge is 2.16. The van der Waals surface area contributed by atoms with Gasteiger partial charge in [0.15, 0.2) is 0 Å². The first kappa shape index (κ1) is 14.2. The molecule has 2 heterocycles. The summed E-state index contributed by atoms with van der Waals surface area (Å²) in [6.45, 7) is 6.47. The fourth-order valence-electron chi connectivity index (χ4n) is 2.52. The number of aromatic nitrogens is 1. The summed E-state index contributed by atoms with van der Waals surface area (Å²) in [5.74, 6) is 0. The molecule has 0 spiro atoms. The van der Waals surface area contributed by atoms with E-state index in [1.165, 1.54) is 11.3 Å². The third-order valence-corrected chi connectivity index (χ3v) is 4.90. The summed E-state index contributed by atoms with van der Waals surface area (Å²) in [5, 5.41) is 6.76. The highest BCUT2D eigenvalue weighted by atomic mass is 79.9. The van der Waals surface area contributed by atoms with Crippen molar-refractivity contribution in [1.82, 2.24) is 15.2 Å². The molecule has 5 heteroatoms. The second kappa shape index (κ2) is 6.35. The third-order valence-electron chi connectivity index (χ3n) is 3.46. The van der Waals surface area contributed by atoms with Gasteiger partial charge in [-0.3, -0.25) is 4.90 Å². The summed E-state index contributed by atoms with van der Waals surface area (Å²) < 4.78 is 1.10. The van der Waals surface area contributed by atoms with E-state index >= 15 is 0 Å². The molecule has 0 saturated carbocycles. The van der Waals surface area contributed by atoms with Gasteiger partial charge in [-0.25, -0.2) is 4.98 Å². The Morgan fingerprint density at radius 2 is 2.40 bits per heavy atom. The standard InChI is InChI=1S/C15H18BrN3S/c1-11-8-19(6-5-17-11)9-14-10-20-15(18-14)12-3-2-4-13(16)7-12/h2-4,7,10-11,17H,5-6,8-9H2,1H3. The van der Waals surface area contributed by atoms with Crippen molar-refractivity contribution < 1.29 is 0 Å². The van der Waals surface area contributed by atoms with Crippen molar-refractivity contribution in [3.05, 3.63) is 39.8 Å². The van der Waals surface area contributed by atoms with Gasteiger partial charge < -0.3 is 5.32 Å². The molecule has 20 heavy (non-hydrogen) atoms. The lowest BCUT2D eigenvalue weighted by atomic mass is 10.2. The summed E-state index contributed by atoms with van der Waals surface area (Å²) in [4.78, 5) is 7.25. The summed E-state index contributed by atoms with van der Waals surface area (Å²) in [5.41, 5.74) is 2.36. The van der Waals surface area contributed by atoms with Crippen molar-refractivity contribution in [1.29, 1.82) is 0 Å². The van der Waals surface area contributed by atoms with Gasteiger partial charge in [0.1, 0.15) is 5.01 Å². The number of rotatable bonds is 3. The first-order chi connectivity index (χ1) is 9.70. The Balaban J connectivity index is 1.70. The maximum absolute atomic E-state index is 4.78. The van der Waals surface area contributed by atoms with Crippen LogP contribution in [0.5, 0.6) is 0 Å². The Hall–Kier alpha value is -0.750. The largest absolute Gasteiger partial charge is 0.312 e. The van der Waals surface area contributed by atoms with E-state index in [0.29, 0.717) is 6.04 Å². The number of nitrogens with zero attached hydrogens (tertiary/aromatic N) is 2. The molecule has 106 valence electrons. The number of piperazine rings is 1. The molecule has 1 aromatic heterocycles. The van der Waals surface area contributed by atoms with Crippen LogP contribution in [0, 0.1) is 0 Å². The normalized spacial score (nSPS) is 20.2. The molecule has 1 aromatic carbocycles. The molecule has 0 bridgehead atoms. The number of hydrogen-bond donors (Lipinski definition) is 1. The molecule has 1 aliphatic rings. The van der Waals surface area contributed by atoms with Crippen LogP contribution in [0.25, 0.3) is 10.6 Å². The average molecular weight is 352 g/mol. The number of thiazole rings is 1. The SMILES string of the molecule is CC1CN(Cc2csc(-c3cccc(Br)c3)n2)CCN1. The van der Waals surface area contributed by atoms with Gasteiger partial charge in [0, 0.05) is 47.6 Å². The van der Waals surface area contributed by atoms with E-state index in [1.54, 1.807) is 11.3 Å². The molecule has 0 radical (unpaired) electrons. The van der Waals surface area contributed by atoms with Crippen molar-refractivity contribution >= 4 is 27.3 Å². The van der Waals surface area contributed by atoms with Crippen LogP contribution in [-0.2, 0) is 6.54 Å². The molecule has 1 atom stereocenters. The fourth-order valence-corrected chi connectivity index (χ4v) is 3.73. The average Bonchev–Trinajstić information content (AvgIpc) is 2.87. The lowest BCUT2D eigenvalue weighted by molar-refractivity contribution is 0.198. The van der Waals surface area contributed by atoms with Crippen molar-refractivity contribution in [3.63, 3.8) is 0 Å². The molecule has 1 N–H and O–H groups in total. The van der Waals surface area contributed by atoms with Gasteiger partial charge in [-0.05, 0) is 19.1 Å². The summed E-state index contributed by atoms with van der Waals surface area (Å²) in [6.07, 6.45) is 0. The quantitative estimate of drug-likeness (QED) is 0.918. The lowest BCUT2D eigenvalue weighted by Gasteiger charge is -2.31. The van der Waals surface area contributed by atoms with Crippen LogP contribution < -0.4 is 5.32 Å². The van der Waals surface area contributed by atoms with Crippen molar-refractivity contribution in [2.24, 2.45) is 0 Å². The zero-order chi connectivity index (χ0) is 13.9. The Morgan fingerprint density at radius 3 is 3.20 bits per heavy atom. The first-order valence-electron chi connectivity index (χ1n) is 6.87. The van der Waals surface area contributed by atoms with Crippen molar-refractivity contribution in [2.75, 3.05) is 19.6 Å². The van der Waals surface area contributed by atoms with E-state index in [0.717, 1.165) is 35.7 Å². The maximum Gasteiger partial charge on any atom is 0.123 e. The van der Waals surface area contributed by atoms with Crippen molar-refractivity contribution in [3.8, 4) is 10.6 Å². The monoisotopic (exact) mass is 351 g/mol. The molecule has 3 nitrogen and oxygen atoms in total. The fraction of sp³-hybridized carbons (Fsp3) is 0.400. The lowest BCUT2D eigenvalue weighted by Crippen LogP contribution is -2.48. The summed E-state index contributed by atoms with van der Waals surface area (Å²) in [6, 6.07) is 8.90. The molecule has 1 unspecified atom stereocenters. The number of halogens is 1. The molecular weight excluding hydrogens is 334 g/mol. The van der Waals surface area contributed by atoms with E-state index in [1.807, 2.05) is 6.07 Å². The van der Waals surface area contributed by atoms with Crippen LogP contribution in [0.3, 0.4) is 0 Å². The van der Waals surface area contributed by atoms with Crippen LogP contribution in [0.1, 0.15) is 12.6 Å². The number of benzene rings is 1. The van der Waals surface area contributed by atoms with Gasteiger partial charge in [-0.2, -0.15) is 0 Å². The van der Waals surface area contributed by atoms with E-state index < -0.39 is 0 Å². The van der Waals surface area contributed by atoms with Gasteiger partial charge >= 0.3 is 0 Å². The molecule has 1 aliphatic heterocycles. The van der Waals surface area contributed by atoms with Crippen LogP contribution in [0.4, 0.5) is 0 Å². The van der Waals surface area contributed by atoms with Crippen LogP contribution in [-0.4, -0.2) is 35.6 Å². The van der Waals surface area contributed by atoms with Gasteiger partial charge in [-0.15, -0.1) is 11.3 Å². The van der Waals surface area contributed by atoms with E-state index in [-0.39, 0.29) is 0 Å². The second-order valence-electron chi connectivity index (χ2n) is 5.24. The molecule has 3 rings (SSSR count). The molecule has 0 aliphatic carbocycles. The van der Waals surface area contributed by atoms with Gasteiger partial charge in [-0.1, -0.05) is 28.1 Å². The smallest absolute Gasteiger partial charge is 0.123 e. The minimum atomic E-state index is 0.576. The van der Waals surface area contributed by atoms with Gasteiger partial charge in [0.25, 0.3) is 0 Å². The molecule has 1 saturated heterocycles. The summed E-state index contributed by atoms with van der Waals surface area (Å²) >= 11 is 5.24. The van der Waals surface area contributed by atoms with Gasteiger partial charge in [0.05, 0.1) is 5.69 Å². The van der Waals surface area contributed by atoms with E-state index in [2.05, 4.69) is 56.6 Å². The Labute approximate surface area is 132 Å². The van der Waals surface area contributed by atoms with Crippen LogP contribution in [0.15, 0.2) is 34.1 Å². The minimum Gasteiger partial charge on any atom is -0.312 e. The first-order valence-corrected chi connectivity index (χ1v) is 8.54. The molecule has 0 amide bonds. The molecule has 2 aromatic rings.